The number of fused-ring (bicyclic) bond motifs is 2. The zero-order chi connectivity index (χ0) is 17.4. The highest BCUT2D eigenvalue weighted by molar-refractivity contribution is 5.95. The van der Waals surface area contributed by atoms with E-state index in [1.807, 2.05) is 30.3 Å². The van der Waals surface area contributed by atoms with Crippen LogP contribution in [0.1, 0.15) is 28.2 Å². The molecule has 1 N–H and O–H groups in total. The van der Waals surface area contributed by atoms with Crippen molar-refractivity contribution in [2.45, 2.75) is 25.3 Å². The molecular weight excluding hydrogens is 316 g/mol. The number of nitrogens with zero attached hydrogens (tertiary/aromatic N) is 3. The molecule has 1 aliphatic rings. The van der Waals surface area contributed by atoms with Crippen LogP contribution in [0.3, 0.4) is 0 Å². The lowest BCUT2D eigenvalue weighted by molar-refractivity contribution is 0.0928. The minimum absolute atomic E-state index is 0.0119. The molecule has 2 aromatic heterocycles. The van der Waals surface area contributed by atoms with Crippen LogP contribution in [-0.4, -0.2) is 26.7 Å². The number of nitrogens with one attached hydrogen (secondary N) is 1. The van der Waals surface area contributed by atoms with Gasteiger partial charge in [0.1, 0.15) is 5.69 Å². The van der Waals surface area contributed by atoms with Gasteiger partial charge in [-0.25, -0.2) is 9.67 Å². The Morgan fingerprint density at radius 2 is 2.08 bits per heavy atom. The summed E-state index contributed by atoms with van der Waals surface area (Å²) in [6.07, 6.45) is 2.18. The quantitative estimate of drug-likeness (QED) is 0.772. The fourth-order valence-electron chi connectivity index (χ4n) is 3.26. The Hall–Kier alpha value is -3.02. The molecule has 25 heavy (non-hydrogen) atoms. The topological polar surface area (TPSA) is 76.9 Å². The van der Waals surface area contributed by atoms with Crippen molar-refractivity contribution in [3.63, 3.8) is 0 Å². The van der Waals surface area contributed by atoms with E-state index >= 15 is 0 Å². The molecule has 2 heterocycles. The number of aryl methyl sites for hydroxylation is 2. The summed E-state index contributed by atoms with van der Waals surface area (Å²) in [6, 6.07) is 13.0. The molecule has 3 aromatic rings. The maximum Gasteiger partial charge on any atom is 0.270 e. The average molecular weight is 334 g/mol. The molecule has 4 rings (SSSR count). The smallest absolute Gasteiger partial charge is 0.270 e. The molecule has 6 nitrogen and oxygen atoms in total. The van der Waals surface area contributed by atoms with E-state index in [0.717, 1.165) is 35.0 Å². The first-order chi connectivity index (χ1) is 12.1. The van der Waals surface area contributed by atoms with Crippen molar-refractivity contribution < 1.29 is 4.79 Å². The van der Waals surface area contributed by atoms with Gasteiger partial charge in [-0.1, -0.05) is 24.3 Å². The molecule has 0 fully saturated rings. The Kier molecular flexibility index (Phi) is 3.80. The number of para-hydroxylation sites is 1. The molecule has 1 amide bonds. The van der Waals surface area contributed by atoms with Gasteiger partial charge in [0.2, 0.25) is 0 Å². The summed E-state index contributed by atoms with van der Waals surface area (Å²) in [5.74, 6) is -0.184. The first-order valence-corrected chi connectivity index (χ1v) is 8.33. The molecule has 6 heteroatoms. The second-order valence-electron chi connectivity index (χ2n) is 6.38. The Bertz CT molecular complexity index is 1030. The van der Waals surface area contributed by atoms with Gasteiger partial charge >= 0.3 is 0 Å². The molecule has 0 radical (unpaired) electrons. The van der Waals surface area contributed by atoms with Crippen LogP contribution in [0, 0.1) is 0 Å². The number of pyridine rings is 1. The minimum atomic E-state index is -0.184. The van der Waals surface area contributed by atoms with Crippen LogP contribution in [-0.2, 0) is 19.9 Å². The van der Waals surface area contributed by atoms with Gasteiger partial charge in [-0.15, -0.1) is 0 Å². The number of hydrogen-bond donors (Lipinski definition) is 1. The highest BCUT2D eigenvalue weighted by Crippen LogP contribution is 2.18. The second-order valence-corrected chi connectivity index (χ2v) is 6.38. The largest absolute Gasteiger partial charge is 0.348 e. The van der Waals surface area contributed by atoms with Gasteiger partial charge in [0.15, 0.2) is 0 Å². The van der Waals surface area contributed by atoms with E-state index in [1.165, 1.54) is 4.68 Å². The second kappa shape index (κ2) is 6.12. The third-order valence-electron chi connectivity index (χ3n) is 4.62. The van der Waals surface area contributed by atoms with Gasteiger partial charge in [0.25, 0.3) is 11.5 Å². The summed E-state index contributed by atoms with van der Waals surface area (Å²) in [7, 11) is 1.65. The van der Waals surface area contributed by atoms with Crippen molar-refractivity contribution in [1.82, 2.24) is 20.1 Å². The molecule has 0 bridgehead atoms. The normalized spacial score (nSPS) is 16.4. The lowest BCUT2D eigenvalue weighted by atomic mass is 9.92. The van der Waals surface area contributed by atoms with Gasteiger partial charge in [-0.2, -0.15) is 5.10 Å². The van der Waals surface area contributed by atoms with E-state index in [2.05, 4.69) is 15.4 Å². The molecule has 0 spiro atoms. The fraction of sp³-hybridized carbons (Fsp3) is 0.263. The number of rotatable bonds is 2. The van der Waals surface area contributed by atoms with Gasteiger partial charge in [0, 0.05) is 24.5 Å². The number of aromatic nitrogens is 3. The number of amides is 1. The maximum atomic E-state index is 12.5. The molecule has 0 saturated heterocycles. The average Bonchev–Trinajstić information content (AvgIpc) is 2.62. The summed E-state index contributed by atoms with van der Waals surface area (Å²) in [4.78, 5) is 28.7. The highest BCUT2D eigenvalue weighted by atomic mass is 16.2. The number of carbonyl (C=O) groups is 1. The van der Waals surface area contributed by atoms with Gasteiger partial charge in [-0.05, 0) is 37.0 Å². The highest BCUT2D eigenvalue weighted by Gasteiger charge is 2.23. The third kappa shape index (κ3) is 3.03. The molecule has 1 atom stereocenters. The van der Waals surface area contributed by atoms with Crippen molar-refractivity contribution in [3.8, 4) is 0 Å². The van der Waals surface area contributed by atoms with E-state index in [0.29, 0.717) is 12.1 Å². The minimum Gasteiger partial charge on any atom is -0.348 e. The van der Waals surface area contributed by atoms with Crippen molar-refractivity contribution in [2.24, 2.45) is 7.05 Å². The number of benzene rings is 1. The van der Waals surface area contributed by atoms with E-state index in [4.69, 9.17) is 0 Å². The monoisotopic (exact) mass is 334 g/mol. The van der Waals surface area contributed by atoms with Gasteiger partial charge in [0.05, 0.1) is 11.2 Å². The molecule has 1 aromatic carbocycles. The summed E-state index contributed by atoms with van der Waals surface area (Å²) in [5, 5.41) is 8.34. The van der Waals surface area contributed by atoms with Gasteiger partial charge < -0.3 is 5.32 Å². The first-order valence-electron chi connectivity index (χ1n) is 8.33. The molecule has 0 unspecified atom stereocenters. The molecule has 0 aliphatic heterocycles. The van der Waals surface area contributed by atoms with E-state index in [9.17, 15) is 9.59 Å². The Morgan fingerprint density at radius 3 is 2.96 bits per heavy atom. The maximum absolute atomic E-state index is 12.5. The summed E-state index contributed by atoms with van der Waals surface area (Å²) in [6.45, 7) is 0. The van der Waals surface area contributed by atoms with E-state index in [-0.39, 0.29) is 17.5 Å². The predicted octanol–water partition coefficient (Wildman–Crippen LogP) is 1.62. The Morgan fingerprint density at radius 1 is 1.24 bits per heavy atom. The number of hydrogen-bond acceptors (Lipinski definition) is 4. The van der Waals surface area contributed by atoms with Crippen LogP contribution in [0.5, 0.6) is 0 Å². The Balaban J connectivity index is 1.52. The molecule has 126 valence electrons. The van der Waals surface area contributed by atoms with E-state index in [1.54, 1.807) is 19.2 Å². The van der Waals surface area contributed by atoms with E-state index < -0.39 is 0 Å². The standard InChI is InChI=1S/C19H18N4O2/c1-23-18(24)11-13-10-14(7-9-16(13)22-23)20-19(25)17-8-6-12-4-2-3-5-15(12)21-17/h2-6,8,11,14H,7,9-10H2,1H3,(H,20,25)/t14-/m0/s1. The lowest BCUT2D eigenvalue weighted by Crippen LogP contribution is -2.40. The van der Waals surface area contributed by atoms with Crippen LogP contribution < -0.4 is 10.9 Å². The van der Waals surface area contributed by atoms with Crippen molar-refractivity contribution in [3.05, 3.63) is 69.8 Å². The van der Waals surface area contributed by atoms with Crippen molar-refractivity contribution >= 4 is 16.8 Å². The summed E-state index contributed by atoms with van der Waals surface area (Å²) >= 11 is 0. The first kappa shape index (κ1) is 15.5. The lowest BCUT2D eigenvalue weighted by Gasteiger charge is -2.24. The molecule has 0 saturated carbocycles. The van der Waals surface area contributed by atoms with Crippen molar-refractivity contribution in [1.29, 1.82) is 0 Å². The van der Waals surface area contributed by atoms with Crippen LogP contribution in [0.25, 0.3) is 10.9 Å². The summed E-state index contributed by atoms with van der Waals surface area (Å²) < 4.78 is 1.36. The third-order valence-corrected chi connectivity index (χ3v) is 4.62. The van der Waals surface area contributed by atoms with Crippen LogP contribution in [0.15, 0.2) is 47.3 Å². The Labute approximate surface area is 144 Å². The molecular formula is C19H18N4O2. The van der Waals surface area contributed by atoms with Crippen LogP contribution in [0.2, 0.25) is 0 Å². The molecule has 1 aliphatic carbocycles. The van der Waals surface area contributed by atoms with Crippen molar-refractivity contribution in [2.75, 3.05) is 0 Å². The zero-order valence-electron chi connectivity index (χ0n) is 13.9. The summed E-state index contributed by atoms with van der Waals surface area (Å²) in [5.41, 5.74) is 2.95. The zero-order valence-corrected chi connectivity index (χ0v) is 13.9. The van der Waals surface area contributed by atoms with Crippen LogP contribution in [0.4, 0.5) is 0 Å². The fourth-order valence-corrected chi connectivity index (χ4v) is 3.26. The van der Waals surface area contributed by atoms with Crippen LogP contribution >= 0.6 is 0 Å². The SMILES string of the molecule is Cn1nc2c(cc1=O)C[C@@H](NC(=O)c1ccc3ccccc3n1)CC2. The number of carbonyl (C=O) groups excluding carboxylic acids is 1. The van der Waals surface area contributed by atoms with Gasteiger partial charge in [-0.3, -0.25) is 9.59 Å². The predicted molar refractivity (Wildman–Crippen MR) is 94.5 cm³/mol.